The zero-order valence-corrected chi connectivity index (χ0v) is 23.1. The van der Waals surface area contributed by atoms with E-state index in [2.05, 4.69) is 0 Å². The summed E-state index contributed by atoms with van der Waals surface area (Å²) in [6.07, 6.45) is -21.1. The Morgan fingerprint density at radius 1 is 0.698 bits per heavy atom. The average molecular weight is 642 g/mol. The molecule has 3 fully saturated rings. The highest BCUT2D eigenvalue weighted by Gasteiger charge is 2.53. The lowest BCUT2D eigenvalue weighted by Crippen LogP contribution is -2.65. The monoisotopic (exact) mass is 641 g/mol. The van der Waals surface area contributed by atoms with Crippen LogP contribution in [0.4, 0.5) is 5.69 Å². The molecule has 0 spiro atoms. The van der Waals surface area contributed by atoms with Crippen LogP contribution in [0.5, 0.6) is 5.75 Å². The van der Waals surface area contributed by atoms with Crippen molar-refractivity contribution < 1.29 is 79.7 Å². The number of ether oxygens (including phenoxy) is 5. The number of thioether (sulfide) groups is 1. The number of nitro benzene ring substituents is 1. The van der Waals surface area contributed by atoms with Gasteiger partial charge in [-0.1, -0.05) is 0 Å². The van der Waals surface area contributed by atoms with Crippen LogP contribution in [0.15, 0.2) is 24.3 Å². The molecule has 3 saturated heterocycles. The van der Waals surface area contributed by atoms with Crippen molar-refractivity contribution in [3.05, 3.63) is 34.4 Å². The van der Waals surface area contributed by atoms with E-state index in [9.17, 15) is 61.2 Å². The maximum atomic E-state index is 11.1. The van der Waals surface area contributed by atoms with Crippen LogP contribution in [-0.4, -0.2) is 166 Å². The zero-order chi connectivity index (χ0) is 31.6. The minimum atomic E-state index is -1.81. The Morgan fingerprint density at radius 3 is 1.84 bits per heavy atom. The normalized spacial score (nSPS) is 43.7. The molecule has 0 radical (unpaired) electrons. The maximum absolute atomic E-state index is 11.1. The molecule has 18 nitrogen and oxygen atoms in total. The Labute approximate surface area is 247 Å². The third kappa shape index (κ3) is 7.21. The van der Waals surface area contributed by atoms with Crippen LogP contribution < -0.4 is 4.74 Å². The van der Waals surface area contributed by atoms with Gasteiger partial charge in [0, 0.05) is 12.1 Å². The van der Waals surface area contributed by atoms with Crippen molar-refractivity contribution in [1.82, 2.24) is 0 Å². The fourth-order valence-corrected chi connectivity index (χ4v) is 6.37. The second-order valence-electron chi connectivity index (χ2n) is 10.2. The van der Waals surface area contributed by atoms with Crippen LogP contribution >= 0.6 is 11.8 Å². The lowest BCUT2D eigenvalue weighted by atomic mass is 9.98. The van der Waals surface area contributed by atoms with E-state index in [-0.39, 0.29) is 11.4 Å². The lowest BCUT2D eigenvalue weighted by molar-refractivity contribution is -0.384. The fraction of sp³-hybridized carbons (Fsp3) is 0.750. The first kappa shape index (κ1) is 34.1. The van der Waals surface area contributed by atoms with Crippen LogP contribution in [0.1, 0.15) is 0 Å². The van der Waals surface area contributed by atoms with E-state index in [1.54, 1.807) is 0 Å². The van der Waals surface area contributed by atoms with Gasteiger partial charge in [0.15, 0.2) is 6.29 Å². The molecular formula is C24H35NO17S. The summed E-state index contributed by atoms with van der Waals surface area (Å²) in [7, 11) is 0. The molecule has 1 aromatic rings. The highest BCUT2D eigenvalue weighted by Crippen LogP contribution is 2.39. The topological polar surface area (TPSA) is 292 Å². The number of nitro groups is 1. The van der Waals surface area contributed by atoms with Crippen molar-refractivity contribution in [2.75, 3.05) is 19.8 Å². The lowest BCUT2D eigenvalue weighted by Gasteiger charge is -2.48. The number of aliphatic hydroxyl groups is 10. The maximum Gasteiger partial charge on any atom is 0.269 e. The molecule has 0 aromatic heterocycles. The summed E-state index contributed by atoms with van der Waals surface area (Å²) in [6, 6.07) is 4.73. The van der Waals surface area contributed by atoms with E-state index >= 15 is 0 Å². The van der Waals surface area contributed by atoms with Gasteiger partial charge in [-0.05, 0) is 12.1 Å². The van der Waals surface area contributed by atoms with Crippen LogP contribution in [0.2, 0.25) is 0 Å². The molecule has 0 saturated carbocycles. The Morgan fingerprint density at radius 2 is 1.26 bits per heavy atom. The predicted octanol–water partition coefficient (Wildman–Crippen LogP) is -4.86. The largest absolute Gasteiger partial charge is 0.462 e. The Balaban J connectivity index is 1.52. The van der Waals surface area contributed by atoms with Gasteiger partial charge in [0.1, 0.15) is 72.2 Å². The third-order valence-electron chi connectivity index (χ3n) is 7.37. The van der Waals surface area contributed by atoms with E-state index in [1.807, 2.05) is 0 Å². The number of non-ortho nitro benzene ring substituents is 1. The van der Waals surface area contributed by atoms with Gasteiger partial charge < -0.3 is 74.7 Å². The van der Waals surface area contributed by atoms with Crippen molar-refractivity contribution in [1.29, 1.82) is 0 Å². The van der Waals surface area contributed by atoms with Crippen LogP contribution in [0.3, 0.4) is 0 Å². The summed E-state index contributed by atoms with van der Waals surface area (Å²) in [5.74, 6) is 0.0230. The van der Waals surface area contributed by atoms with E-state index in [0.29, 0.717) is 11.8 Å². The van der Waals surface area contributed by atoms with Gasteiger partial charge in [-0.2, -0.15) is 0 Å². The van der Waals surface area contributed by atoms with Crippen LogP contribution in [-0.2, 0) is 18.9 Å². The fourth-order valence-electron chi connectivity index (χ4n) is 4.91. The molecule has 0 aliphatic carbocycles. The number of aliphatic hydroxyl groups excluding tert-OH is 10. The SMILES string of the molecule is O=[N+]([O-])c1ccc(OC2OC(CO)C(O)C(OC3OC(CO)C(O)C(SC4OC(CO)C(O)C(O)C4O)C3O)C2O)cc1. The molecule has 43 heavy (non-hydrogen) atoms. The zero-order valence-electron chi connectivity index (χ0n) is 22.3. The standard InChI is InChI=1S/C24H35NO17S/c26-5-10-13(29)16(32)17(33)24(41-10)43-21-15(31)12(7-28)40-23(19(21)35)42-20-14(30)11(6-27)39-22(18(20)34)38-9-3-1-8(2-4-9)25(36)37/h1-4,10-24,26-35H,5-7H2. The minimum Gasteiger partial charge on any atom is -0.462 e. The molecule has 3 heterocycles. The van der Waals surface area contributed by atoms with Gasteiger partial charge in [-0.25, -0.2) is 0 Å². The van der Waals surface area contributed by atoms with Crippen molar-refractivity contribution in [2.45, 2.75) is 90.4 Å². The molecule has 19 heteroatoms. The molecule has 244 valence electrons. The first-order valence-corrected chi connectivity index (χ1v) is 14.1. The van der Waals surface area contributed by atoms with Gasteiger partial charge in [-0.15, -0.1) is 11.8 Å². The summed E-state index contributed by atoms with van der Waals surface area (Å²) in [4.78, 5) is 10.3. The molecule has 15 unspecified atom stereocenters. The number of nitrogens with zero attached hydrogens (tertiary/aromatic N) is 1. The molecule has 3 aliphatic rings. The van der Waals surface area contributed by atoms with Gasteiger partial charge in [0.25, 0.3) is 5.69 Å². The van der Waals surface area contributed by atoms with Gasteiger partial charge >= 0.3 is 0 Å². The minimum absolute atomic E-state index is 0.0230. The molecule has 0 amide bonds. The number of hydrogen-bond donors (Lipinski definition) is 10. The molecule has 15 atom stereocenters. The number of benzene rings is 1. The number of hydrogen-bond acceptors (Lipinski definition) is 18. The highest BCUT2D eigenvalue weighted by molar-refractivity contribution is 8.00. The van der Waals surface area contributed by atoms with Crippen molar-refractivity contribution in [3.8, 4) is 5.75 Å². The van der Waals surface area contributed by atoms with Crippen LogP contribution in [0, 0.1) is 10.1 Å². The van der Waals surface area contributed by atoms with Gasteiger partial charge in [0.2, 0.25) is 6.29 Å². The van der Waals surface area contributed by atoms with Gasteiger partial charge in [-0.3, -0.25) is 10.1 Å². The molecule has 10 N–H and O–H groups in total. The van der Waals surface area contributed by atoms with E-state index in [1.165, 1.54) is 12.1 Å². The second-order valence-corrected chi connectivity index (χ2v) is 11.5. The Kier molecular flexibility index (Phi) is 11.5. The van der Waals surface area contributed by atoms with Crippen molar-refractivity contribution >= 4 is 17.4 Å². The summed E-state index contributed by atoms with van der Waals surface area (Å²) in [6.45, 7) is -2.28. The first-order chi connectivity index (χ1) is 20.4. The third-order valence-corrected chi connectivity index (χ3v) is 8.90. The number of rotatable bonds is 10. The van der Waals surface area contributed by atoms with Crippen LogP contribution in [0.25, 0.3) is 0 Å². The van der Waals surface area contributed by atoms with Crippen molar-refractivity contribution in [3.63, 3.8) is 0 Å². The quantitative estimate of drug-likeness (QED) is 0.0846. The molecule has 3 aliphatic heterocycles. The molecule has 1 aromatic carbocycles. The van der Waals surface area contributed by atoms with E-state index in [4.69, 9.17) is 23.7 Å². The summed E-state index contributed by atoms with van der Waals surface area (Å²) in [5.41, 5.74) is -1.62. The average Bonchev–Trinajstić information content (AvgIpc) is 2.99. The van der Waals surface area contributed by atoms with Gasteiger partial charge in [0.05, 0.1) is 36.1 Å². The molecule has 0 bridgehead atoms. The summed E-state index contributed by atoms with van der Waals surface area (Å²) in [5, 5.41) is 113. The highest BCUT2D eigenvalue weighted by atomic mass is 32.2. The predicted molar refractivity (Wildman–Crippen MR) is 139 cm³/mol. The molecule has 4 rings (SSSR count). The molecular weight excluding hydrogens is 606 g/mol. The smallest absolute Gasteiger partial charge is 0.269 e. The Hall–Kier alpha value is -1.79. The van der Waals surface area contributed by atoms with E-state index in [0.717, 1.165) is 12.1 Å². The van der Waals surface area contributed by atoms with E-state index < -0.39 is 115 Å². The second kappa shape index (κ2) is 14.5. The Bertz CT molecular complexity index is 1050. The summed E-state index contributed by atoms with van der Waals surface area (Å²) < 4.78 is 27.7. The summed E-state index contributed by atoms with van der Waals surface area (Å²) >= 11 is 0.600. The van der Waals surface area contributed by atoms with Crippen molar-refractivity contribution in [2.24, 2.45) is 0 Å². The first-order valence-electron chi connectivity index (χ1n) is 13.2.